The topological polar surface area (TPSA) is 58.1 Å². The Hall–Kier alpha value is -2.43. The van der Waals surface area contributed by atoms with Crippen LogP contribution in [0.5, 0.6) is 0 Å². The molecule has 5 heteroatoms. The van der Waals surface area contributed by atoms with Crippen molar-refractivity contribution in [1.82, 2.24) is 9.97 Å². The number of anilines is 3. The number of hydrogen-bond donors (Lipinski definition) is 1. The molecule has 2 saturated carbocycles. The second-order valence-corrected chi connectivity index (χ2v) is 11.7. The van der Waals surface area contributed by atoms with Crippen LogP contribution in [0.1, 0.15) is 110 Å². The van der Waals surface area contributed by atoms with E-state index >= 15 is 0 Å². The van der Waals surface area contributed by atoms with Crippen molar-refractivity contribution in [2.75, 3.05) is 10.2 Å². The first-order chi connectivity index (χ1) is 17.3. The average molecular weight is 493 g/mol. The molecule has 5 nitrogen and oxygen atoms in total. The van der Waals surface area contributed by atoms with Crippen LogP contribution in [-0.4, -0.2) is 21.9 Å². The summed E-state index contributed by atoms with van der Waals surface area (Å²) in [5.74, 6) is 3.55. The molecule has 0 unspecified atom stereocenters. The van der Waals surface area contributed by atoms with Crippen molar-refractivity contribution >= 4 is 23.4 Å². The van der Waals surface area contributed by atoms with E-state index in [0.29, 0.717) is 12.0 Å². The molecule has 0 bridgehead atoms. The molecule has 2 aliphatic carbocycles. The molecule has 0 saturated heterocycles. The molecule has 36 heavy (non-hydrogen) atoms. The Labute approximate surface area is 220 Å². The molecule has 1 aromatic carbocycles. The molecule has 1 spiro atoms. The number of carbonyl (C=O) groups is 1. The smallest absolute Gasteiger partial charge is 0.239 e. The van der Waals surface area contributed by atoms with Crippen molar-refractivity contribution in [1.29, 1.82) is 0 Å². The summed E-state index contributed by atoms with van der Waals surface area (Å²) >= 11 is 0. The second-order valence-electron chi connectivity index (χ2n) is 11.7. The maximum absolute atomic E-state index is 13.1. The third-order valence-electron chi connectivity index (χ3n) is 8.47. The Kier molecular flexibility index (Phi) is 8.37. The second kappa shape index (κ2) is 11.3. The van der Waals surface area contributed by atoms with Gasteiger partial charge in [-0.05, 0) is 63.0 Å². The van der Waals surface area contributed by atoms with Crippen LogP contribution in [-0.2, 0) is 10.2 Å². The van der Waals surface area contributed by atoms with Gasteiger partial charge in [0.05, 0.1) is 5.41 Å². The molecule has 5 rings (SSSR count). The van der Waals surface area contributed by atoms with Gasteiger partial charge >= 0.3 is 0 Å². The zero-order chi connectivity index (χ0) is 25.9. The van der Waals surface area contributed by atoms with Crippen molar-refractivity contribution in [3.05, 3.63) is 41.1 Å². The first kappa shape index (κ1) is 26.6. The highest BCUT2D eigenvalue weighted by atomic mass is 16.2. The van der Waals surface area contributed by atoms with Gasteiger partial charge in [0.25, 0.3) is 0 Å². The van der Waals surface area contributed by atoms with Crippen LogP contribution < -0.4 is 10.2 Å². The highest BCUT2D eigenvalue weighted by Gasteiger charge is 2.61. The van der Waals surface area contributed by atoms with E-state index in [1.54, 1.807) is 0 Å². The number of nitrogens with one attached hydrogen (secondary N) is 1. The molecule has 2 fully saturated rings. The third-order valence-corrected chi connectivity index (χ3v) is 8.47. The fourth-order valence-electron chi connectivity index (χ4n) is 6.13. The van der Waals surface area contributed by atoms with Crippen molar-refractivity contribution < 1.29 is 6.22 Å². The Bertz CT molecular complexity index is 1050. The first-order valence-electron chi connectivity index (χ1n) is 14.4. The number of amides is 1. The molecule has 198 valence electrons. The number of fused-ring (bicyclic) bond motifs is 2. The standard InChI is InChI=1S/C21H24N4O.C10H22.H2/c1-13-7-8-17(14(2)11-13)23-20-22-12-16-18(24-20)25(15-5-3-4-6-15)19(26)21(16)9-10-21;1-5-7-10(8-6-2)9(3)4;/h7-8,11-12,15H,3-6,9-10H2,1-2H3,(H,22,23,24);9-10H,5-8H2,1-4H3;1H. The Morgan fingerprint density at radius 2 is 1.78 bits per heavy atom. The van der Waals surface area contributed by atoms with Crippen LogP contribution in [0.15, 0.2) is 24.4 Å². The summed E-state index contributed by atoms with van der Waals surface area (Å²) in [4.78, 5) is 24.5. The summed E-state index contributed by atoms with van der Waals surface area (Å²) in [6.45, 7) is 13.4. The minimum atomic E-state index is -0.309. The molecule has 1 N–H and O–H groups in total. The van der Waals surface area contributed by atoms with E-state index in [-0.39, 0.29) is 12.7 Å². The zero-order valence-corrected chi connectivity index (χ0v) is 23.4. The minimum absolute atomic E-state index is 0. The monoisotopic (exact) mass is 492 g/mol. The van der Waals surface area contributed by atoms with Crippen LogP contribution in [0.25, 0.3) is 0 Å². The van der Waals surface area contributed by atoms with Gasteiger partial charge in [0.15, 0.2) is 0 Å². The fourth-order valence-corrected chi connectivity index (χ4v) is 6.13. The van der Waals surface area contributed by atoms with Gasteiger partial charge < -0.3 is 5.32 Å². The molecular formula is C31H48N4O. The summed E-state index contributed by atoms with van der Waals surface area (Å²) in [5.41, 5.74) is 4.14. The highest BCUT2D eigenvalue weighted by Crippen LogP contribution is 2.57. The van der Waals surface area contributed by atoms with E-state index < -0.39 is 0 Å². The van der Waals surface area contributed by atoms with E-state index in [9.17, 15) is 4.79 Å². The molecule has 3 aliphatic rings. The molecule has 1 aromatic heterocycles. The number of hydrogen-bond acceptors (Lipinski definition) is 4. The van der Waals surface area contributed by atoms with E-state index in [1.165, 1.54) is 44.1 Å². The molecule has 1 aliphatic heterocycles. The first-order valence-corrected chi connectivity index (χ1v) is 14.4. The molecular weight excluding hydrogens is 444 g/mol. The van der Waals surface area contributed by atoms with Crippen LogP contribution in [0.2, 0.25) is 0 Å². The van der Waals surface area contributed by atoms with Crippen LogP contribution in [0, 0.1) is 25.7 Å². The van der Waals surface area contributed by atoms with Crippen LogP contribution in [0.3, 0.4) is 0 Å². The Balaban J connectivity index is 0.000000298. The lowest BCUT2D eigenvalue weighted by atomic mass is 9.88. The van der Waals surface area contributed by atoms with Gasteiger partial charge in [-0.2, -0.15) is 4.98 Å². The SMILES string of the molecule is CCCC(CCC)C(C)C.Cc1ccc(Nc2ncc3c(n2)N(C2CCCC2)C(=O)C32CC2)c(C)c1.[HH]. The fraction of sp³-hybridized carbons (Fsp3) is 0.645. The van der Waals surface area contributed by atoms with Gasteiger partial charge in [-0.15, -0.1) is 0 Å². The summed E-state index contributed by atoms with van der Waals surface area (Å²) in [6, 6.07) is 6.59. The third kappa shape index (κ3) is 5.45. The molecule has 2 heterocycles. The molecule has 2 aromatic rings. The van der Waals surface area contributed by atoms with E-state index in [0.717, 1.165) is 60.2 Å². The lowest BCUT2D eigenvalue weighted by Gasteiger charge is -2.24. The summed E-state index contributed by atoms with van der Waals surface area (Å²) in [6.07, 6.45) is 13.9. The van der Waals surface area contributed by atoms with Gasteiger partial charge in [0.1, 0.15) is 5.82 Å². The maximum atomic E-state index is 13.1. The molecule has 0 radical (unpaired) electrons. The number of rotatable bonds is 8. The normalized spacial score (nSPS) is 18.1. The van der Waals surface area contributed by atoms with Gasteiger partial charge in [-0.3, -0.25) is 9.69 Å². The van der Waals surface area contributed by atoms with Gasteiger partial charge in [-0.1, -0.05) is 83.9 Å². The number of aryl methyl sites for hydroxylation is 2. The Morgan fingerprint density at radius 1 is 1.11 bits per heavy atom. The average Bonchev–Trinajstić information content (AvgIpc) is 3.41. The van der Waals surface area contributed by atoms with E-state index in [4.69, 9.17) is 4.98 Å². The predicted octanol–water partition coefficient (Wildman–Crippen LogP) is 8.26. The van der Waals surface area contributed by atoms with Crippen molar-refractivity contribution in [3.63, 3.8) is 0 Å². The highest BCUT2D eigenvalue weighted by molar-refractivity contribution is 6.09. The lowest BCUT2D eigenvalue weighted by Crippen LogP contribution is -2.39. The summed E-state index contributed by atoms with van der Waals surface area (Å²) in [5, 5.41) is 3.34. The number of benzene rings is 1. The van der Waals surface area contributed by atoms with Crippen molar-refractivity contribution in [2.24, 2.45) is 11.8 Å². The van der Waals surface area contributed by atoms with Crippen LogP contribution >= 0.6 is 0 Å². The minimum Gasteiger partial charge on any atom is -0.324 e. The summed E-state index contributed by atoms with van der Waals surface area (Å²) < 4.78 is 0. The molecule has 1 amide bonds. The Morgan fingerprint density at radius 3 is 2.33 bits per heavy atom. The quantitative estimate of drug-likeness (QED) is 0.403. The number of carbonyl (C=O) groups excluding carboxylic acids is 1. The lowest BCUT2D eigenvalue weighted by molar-refractivity contribution is -0.120. The predicted molar refractivity (Wildman–Crippen MR) is 152 cm³/mol. The van der Waals surface area contributed by atoms with Crippen LogP contribution in [0.4, 0.5) is 17.5 Å². The number of nitrogens with zero attached hydrogens (tertiary/aromatic N) is 3. The van der Waals surface area contributed by atoms with Gasteiger partial charge in [0, 0.05) is 24.9 Å². The van der Waals surface area contributed by atoms with Gasteiger partial charge in [0.2, 0.25) is 11.9 Å². The van der Waals surface area contributed by atoms with E-state index in [1.807, 2.05) is 11.1 Å². The maximum Gasteiger partial charge on any atom is 0.239 e. The number of aromatic nitrogens is 2. The van der Waals surface area contributed by atoms with Crippen molar-refractivity contribution in [2.45, 2.75) is 117 Å². The van der Waals surface area contributed by atoms with Crippen molar-refractivity contribution in [3.8, 4) is 0 Å². The van der Waals surface area contributed by atoms with E-state index in [2.05, 4.69) is 70.0 Å². The summed E-state index contributed by atoms with van der Waals surface area (Å²) in [7, 11) is 0. The van der Waals surface area contributed by atoms with Gasteiger partial charge in [-0.25, -0.2) is 4.98 Å². The molecule has 0 atom stereocenters. The largest absolute Gasteiger partial charge is 0.324 e. The zero-order valence-electron chi connectivity index (χ0n) is 23.4.